The number of aromatic nitrogens is 2. The molecule has 3 N–H and O–H groups in total. The first-order chi connectivity index (χ1) is 14.2. The van der Waals surface area contributed by atoms with Gasteiger partial charge < -0.3 is 20.1 Å². The summed E-state index contributed by atoms with van der Waals surface area (Å²) in [5.74, 6) is -2.15. The van der Waals surface area contributed by atoms with Gasteiger partial charge in [-0.05, 0) is 44.6 Å². The Kier molecular flexibility index (Phi) is 6.49. The standard InChI is InChI=1S/C18H19F2N3O2S.CH2O3/c1-10-21-16(25-23-10)14-12-7-8-18(19,20)9-13(12)26-17(14)22-15(24)11-5-3-2-4-6-11;2-1(3)4/h5H,2-4,6-9H2,1H3,(H,22,24);(H2,2,3,4). The molecule has 1 amide bonds. The quantitative estimate of drug-likeness (QED) is 0.619. The normalized spacial score (nSPS) is 17.2. The SMILES string of the molecule is Cc1noc(-c2c(NC(=O)C3=CCCCC3)sc3c2CCC(F)(F)C3)n1.O=C(O)O. The van der Waals surface area contributed by atoms with Crippen molar-refractivity contribution in [3.63, 3.8) is 0 Å². The Bertz CT molecular complexity index is 979. The molecule has 2 heterocycles. The van der Waals surface area contributed by atoms with Crippen molar-refractivity contribution >= 4 is 28.4 Å². The number of carbonyl (C=O) groups is 2. The highest BCUT2D eigenvalue weighted by Gasteiger charge is 2.38. The van der Waals surface area contributed by atoms with Crippen molar-refractivity contribution in [1.82, 2.24) is 10.1 Å². The van der Waals surface area contributed by atoms with E-state index in [0.29, 0.717) is 21.3 Å². The van der Waals surface area contributed by atoms with Gasteiger partial charge in [-0.3, -0.25) is 4.79 Å². The fraction of sp³-hybridized carbons (Fsp3) is 0.474. The fourth-order valence-corrected chi connectivity index (χ4v) is 4.80. The van der Waals surface area contributed by atoms with E-state index >= 15 is 0 Å². The lowest BCUT2D eigenvalue weighted by Gasteiger charge is -2.21. The van der Waals surface area contributed by atoms with Gasteiger partial charge >= 0.3 is 6.16 Å². The first-order valence-electron chi connectivity index (χ1n) is 9.41. The number of allylic oxidation sites excluding steroid dienone is 1. The monoisotopic (exact) mass is 441 g/mol. The van der Waals surface area contributed by atoms with Crippen LogP contribution in [0.2, 0.25) is 0 Å². The molecule has 0 bridgehead atoms. The van der Waals surface area contributed by atoms with Gasteiger partial charge in [-0.2, -0.15) is 4.98 Å². The lowest BCUT2D eigenvalue weighted by molar-refractivity contribution is -0.113. The van der Waals surface area contributed by atoms with Gasteiger partial charge in [0, 0.05) is 23.3 Å². The summed E-state index contributed by atoms with van der Waals surface area (Å²) in [4.78, 5) is 26.0. The average molecular weight is 441 g/mol. The smallest absolute Gasteiger partial charge is 0.450 e. The van der Waals surface area contributed by atoms with Crippen LogP contribution in [0.3, 0.4) is 0 Å². The summed E-state index contributed by atoms with van der Waals surface area (Å²) in [7, 11) is 0. The van der Waals surface area contributed by atoms with Gasteiger partial charge in [0.05, 0.1) is 5.56 Å². The van der Waals surface area contributed by atoms with Gasteiger partial charge in [0.2, 0.25) is 0 Å². The van der Waals surface area contributed by atoms with Crippen molar-refractivity contribution in [2.24, 2.45) is 0 Å². The molecule has 2 aromatic rings. The number of carbonyl (C=O) groups excluding carboxylic acids is 1. The summed E-state index contributed by atoms with van der Waals surface area (Å²) in [5, 5.41) is 21.2. The van der Waals surface area contributed by atoms with Crippen molar-refractivity contribution in [2.45, 2.75) is 57.8 Å². The molecule has 0 saturated carbocycles. The number of nitrogens with one attached hydrogen (secondary N) is 1. The Morgan fingerprint density at radius 3 is 2.60 bits per heavy atom. The number of nitrogens with zero attached hydrogens (tertiary/aromatic N) is 2. The Balaban J connectivity index is 0.000000589. The molecule has 0 aromatic carbocycles. The number of amides is 1. The third kappa shape index (κ3) is 5.21. The summed E-state index contributed by atoms with van der Waals surface area (Å²) in [6.07, 6.45) is 3.54. The summed E-state index contributed by atoms with van der Waals surface area (Å²) in [6, 6.07) is 0. The second-order valence-electron chi connectivity index (χ2n) is 7.10. The Morgan fingerprint density at radius 1 is 1.27 bits per heavy atom. The zero-order valence-electron chi connectivity index (χ0n) is 16.2. The maximum atomic E-state index is 13.8. The van der Waals surface area contributed by atoms with Gasteiger partial charge in [0.15, 0.2) is 5.82 Å². The molecule has 0 aliphatic heterocycles. The maximum absolute atomic E-state index is 13.8. The first-order valence-corrected chi connectivity index (χ1v) is 10.2. The molecule has 4 rings (SSSR count). The predicted octanol–water partition coefficient (Wildman–Crippen LogP) is 4.89. The van der Waals surface area contributed by atoms with Crippen LogP contribution in [-0.2, 0) is 17.6 Å². The van der Waals surface area contributed by atoms with E-state index in [4.69, 9.17) is 19.5 Å². The molecule has 0 fully saturated rings. The largest absolute Gasteiger partial charge is 0.503 e. The Labute approximate surface area is 174 Å². The minimum atomic E-state index is -2.72. The van der Waals surface area contributed by atoms with Crippen molar-refractivity contribution in [3.05, 3.63) is 27.9 Å². The molecule has 2 aliphatic carbocycles. The molecule has 0 saturated heterocycles. The van der Waals surface area contributed by atoms with Crippen LogP contribution in [0, 0.1) is 6.92 Å². The first kappa shape index (κ1) is 21.9. The van der Waals surface area contributed by atoms with E-state index in [-0.39, 0.29) is 31.1 Å². The molecule has 30 heavy (non-hydrogen) atoms. The highest BCUT2D eigenvalue weighted by molar-refractivity contribution is 7.17. The van der Waals surface area contributed by atoms with Crippen LogP contribution in [0.15, 0.2) is 16.2 Å². The molecular formula is C19H21F2N3O5S. The number of carboxylic acid groups (broad SMARTS) is 2. The molecule has 0 radical (unpaired) electrons. The minimum absolute atomic E-state index is 0.174. The van der Waals surface area contributed by atoms with Crippen LogP contribution in [-0.4, -0.2) is 38.3 Å². The number of thiophene rings is 1. The topological polar surface area (TPSA) is 126 Å². The second kappa shape index (κ2) is 8.90. The van der Waals surface area contributed by atoms with E-state index in [2.05, 4.69) is 15.5 Å². The Hall–Kier alpha value is -2.82. The number of hydrogen-bond donors (Lipinski definition) is 3. The van der Waals surface area contributed by atoms with Gasteiger partial charge in [0.1, 0.15) is 5.00 Å². The van der Waals surface area contributed by atoms with Crippen molar-refractivity contribution in [2.75, 3.05) is 5.32 Å². The second-order valence-corrected chi connectivity index (χ2v) is 8.20. The molecule has 2 aromatic heterocycles. The van der Waals surface area contributed by atoms with Crippen LogP contribution >= 0.6 is 11.3 Å². The van der Waals surface area contributed by atoms with E-state index < -0.39 is 12.1 Å². The molecule has 0 spiro atoms. The third-order valence-corrected chi connectivity index (χ3v) is 5.95. The van der Waals surface area contributed by atoms with E-state index in [1.54, 1.807) is 6.92 Å². The summed E-state index contributed by atoms with van der Waals surface area (Å²) in [6.45, 7) is 1.70. The van der Waals surface area contributed by atoms with E-state index in [9.17, 15) is 13.6 Å². The number of anilines is 1. The Morgan fingerprint density at radius 2 is 2.00 bits per heavy atom. The molecule has 2 aliphatic rings. The minimum Gasteiger partial charge on any atom is -0.450 e. The molecule has 0 unspecified atom stereocenters. The van der Waals surface area contributed by atoms with Crippen LogP contribution in [0.5, 0.6) is 0 Å². The predicted molar refractivity (Wildman–Crippen MR) is 105 cm³/mol. The molecule has 8 nitrogen and oxygen atoms in total. The van der Waals surface area contributed by atoms with Gasteiger partial charge in [-0.25, -0.2) is 13.6 Å². The van der Waals surface area contributed by atoms with Gasteiger partial charge in [0.25, 0.3) is 17.7 Å². The van der Waals surface area contributed by atoms with Crippen LogP contribution in [0.1, 0.15) is 48.4 Å². The number of rotatable bonds is 3. The number of alkyl halides is 2. The van der Waals surface area contributed by atoms with Crippen LogP contribution < -0.4 is 5.32 Å². The number of hydrogen-bond acceptors (Lipinski definition) is 6. The lowest BCUT2D eigenvalue weighted by atomic mass is 9.92. The van der Waals surface area contributed by atoms with Crippen molar-refractivity contribution < 1.29 is 33.1 Å². The molecule has 11 heteroatoms. The number of fused-ring (bicyclic) bond motifs is 1. The highest BCUT2D eigenvalue weighted by Crippen LogP contribution is 2.47. The van der Waals surface area contributed by atoms with Gasteiger partial charge in [-0.1, -0.05) is 11.2 Å². The van der Waals surface area contributed by atoms with E-state index in [1.807, 2.05) is 6.08 Å². The maximum Gasteiger partial charge on any atom is 0.503 e. The summed E-state index contributed by atoms with van der Waals surface area (Å²) < 4.78 is 33.0. The van der Waals surface area contributed by atoms with Gasteiger partial charge in [-0.15, -0.1) is 11.3 Å². The fourth-order valence-electron chi connectivity index (χ4n) is 3.49. The zero-order chi connectivity index (χ0) is 21.9. The average Bonchev–Trinajstić information content (AvgIpc) is 3.23. The van der Waals surface area contributed by atoms with E-state index in [1.165, 1.54) is 11.3 Å². The highest BCUT2D eigenvalue weighted by atomic mass is 32.1. The zero-order valence-corrected chi connectivity index (χ0v) is 17.0. The summed E-state index contributed by atoms with van der Waals surface area (Å²) in [5.41, 5.74) is 2.14. The third-order valence-electron chi connectivity index (χ3n) is 4.80. The molecule has 162 valence electrons. The molecular weight excluding hydrogens is 420 g/mol. The molecule has 0 atom stereocenters. The van der Waals surface area contributed by atoms with Crippen molar-refractivity contribution in [1.29, 1.82) is 0 Å². The lowest BCUT2D eigenvalue weighted by Crippen LogP contribution is -2.24. The van der Waals surface area contributed by atoms with Crippen LogP contribution in [0.4, 0.5) is 18.6 Å². The van der Waals surface area contributed by atoms with E-state index in [0.717, 1.165) is 36.8 Å². The van der Waals surface area contributed by atoms with Crippen molar-refractivity contribution in [3.8, 4) is 11.5 Å². The summed E-state index contributed by atoms with van der Waals surface area (Å²) >= 11 is 1.19. The van der Waals surface area contributed by atoms with Crippen LogP contribution in [0.25, 0.3) is 11.5 Å². The number of halogens is 2. The number of aryl methyl sites for hydroxylation is 1.